The van der Waals surface area contributed by atoms with E-state index < -0.39 is 0 Å². The molecule has 58 valence electrons. The molecular weight excluding hydrogens is 180 g/mol. The van der Waals surface area contributed by atoms with Gasteiger partial charge in [-0.3, -0.25) is 0 Å². The summed E-state index contributed by atoms with van der Waals surface area (Å²) in [4.78, 5) is 8.10. The van der Waals surface area contributed by atoms with Crippen LogP contribution < -0.4 is 0 Å². The second kappa shape index (κ2) is 2.64. The van der Waals surface area contributed by atoms with Crippen molar-refractivity contribution in [3.8, 4) is 0 Å². The molecule has 11 heavy (non-hydrogen) atoms. The quantitative estimate of drug-likeness (QED) is 0.582. The topological polar surface area (TPSA) is 25.8 Å². The van der Waals surface area contributed by atoms with Crippen molar-refractivity contribution >= 4 is 23.4 Å². The normalized spacial score (nSPS) is 21.8. The van der Waals surface area contributed by atoms with Crippen LogP contribution in [0.3, 0.4) is 0 Å². The van der Waals surface area contributed by atoms with Crippen LogP contribution in [-0.2, 0) is 5.75 Å². The SMILES string of the molecule is CC1SCc2ncnc(Cl)c21. The fourth-order valence-corrected chi connectivity index (χ4v) is 2.65. The second-order valence-electron chi connectivity index (χ2n) is 2.48. The monoisotopic (exact) mass is 186 g/mol. The molecule has 0 bridgehead atoms. The Morgan fingerprint density at radius 1 is 1.64 bits per heavy atom. The average molecular weight is 187 g/mol. The van der Waals surface area contributed by atoms with Crippen LogP contribution in [0.15, 0.2) is 6.33 Å². The van der Waals surface area contributed by atoms with Gasteiger partial charge in [0.05, 0.1) is 5.69 Å². The highest BCUT2D eigenvalue weighted by molar-refractivity contribution is 7.99. The molecule has 0 aromatic carbocycles. The van der Waals surface area contributed by atoms with E-state index >= 15 is 0 Å². The first kappa shape index (κ1) is 7.37. The molecule has 0 fully saturated rings. The molecule has 0 saturated carbocycles. The van der Waals surface area contributed by atoms with Gasteiger partial charge in [0.2, 0.25) is 0 Å². The van der Waals surface area contributed by atoms with Crippen molar-refractivity contribution in [2.45, 2.75) is 17.9 Å². The van der Waals surface area contributed by atoms with Crippen LogP contribution in [0.1, 0.15) is 23.4 Å². The lowest BCUT2D eigenvalue weighted by molar-refractivity contribution is 1.01. The number of hydrogen-bond donors (Lipinski definition) is 0. The predicted octanol–water partition coefficient (Wildman–Crippen LogP) is 2.44. The molecule has 0 radical (unpaired) electrons. The standard InChI is InChI=1S/C7H7ClN2S/c1-4-6-5(2-11-4)9-3-10-7(6)8/h3-4H,2H2,1H3. The maximum atomic E-state index is 5.90. The summed E-state index contributed by atoms with van der Waals surface area (Å²) in [6.07, 6.45) is 1.53. The van der Waals surface area contributed by atoms with Crippen LogP contribution in [0.4, 0.5) is 0 Å². The van der Waals surface area contributed by atoms with Crippen molar-refractivity contribution in [2.24, 2.45) is 0 Å². The Bertz CT molecular complexity index is 290. The number of fused-ring (bicyclic) bond motifs is 1. The van der Waals surface area contributed by atoms with Crippen molar-refractivity contribution < 1.29 is 0 Å². The first-order valence-corrected chi connectivity index (χ1v) is 4.82. The minimum atomic E-state index is 0.457. The van der Waals surface area contributed by atoms with Gasteiger partial charge in [-0.25, -0.2) is 9.97 Å². The zero-order chi connectivity index (χ0) is 7.84. The van der Waals surface area contributed by atoms with Gasteiger partial charge in [0.1, 0.15) is 11.5 Å². The molecule has 0 saturated heterocycles. The Hall–Kier alpha value is -0.280. The van der Waals surface area contributed by atoms with Crippen molar-refractivity contribution in [3.63, 3.8) is 0 Å². The van der Waals surface area contributed by atoms with Gasteiger partial charge in [-0.15, -0.1) is 11.8 Å². The van der Waals surface area contributed by atoms with Gasteiger partial charge in [0, 0.05) is 16.6 Å². The summed E-state index contributed by atoms with van der Waals surface area (Å²) in [5, 5.41) is 1.08. The van der Waals surface area contributed by atoms with Crippen LogP contribution in [0.25, 0.3) is 0 Å². The maximum Gasteiger partial charge on any atom is 0.137 e. The third kappa shape index (κ3) is 1.12. The van der Waals surface area contributed by atoms with Gasteiger partial charge in [0.15, 0.2) is 0 Å². The van der Waals surface area contributed by atoms with E-state index in [1.54, 1.807) is 0 Å². The molecule has 1 aromatic rings. The molecular formula is C7H7ClN2S. The lowest BCUT2D eigenvalue weighted by Gasteiger charge is -2.02. The summed E-state index contributed by atoms with van der Waals surface area (Å²) in [6.45, 7) is 2.13. The first-order valence-electron chi connectivity index (χ1n) is 3.40. The van der Waals surface area contributed by atoms with Crippen LogP contribution in [0, 0.1) is 0 Å². The molecule has 4 heteroatoms. The molecule has 0 aliphatic carbocycles. The second-order valence-corrected chi connectivity index (χ2v) is 4.17. The van der Waals surface area contributed by atoms with Gasteiger partial charge in [-0.05, 0) is 6.92 Å². The lowest BCUT2D eigenvalue weighted by Crippen LogP contribution is -1.92. The summed E-state index contributed by atoms with van der Waals surface area (Å²) in [7, 11) is 0. The number of hydrogen-bond acceptors (Lipinski definition) is 3. The summed E-state index contributed by atoms with van der Waals surface area (Å²) >= 11 is 7.75. The average Bonchev–Trinajstić information content (AvgIpc) is 2.34. The maximum absolute atomic E-state index is 5.90. The Labute approximate surface area is 74.4 Å². The number of rotatable bonds is 0. The third-order valence-corrected chi connectivity index (χ3v) is 3.27. The van der Waals surface area contributed by atoms with Crippen LogP contribution >= 0.6 is 23.4 Å². The van der Waals surface area contributed by atoms with E-state index in [-0.39, 0.29) is 0 Å². The van der Waals surface area contributed by atoms with Crippen molar-refractivity contribution in [1.82, 2.24) is 9.97 Å². The minimum absolute atomic E-state index is 0.457. The van der Waals surface area contributed by atoms with Crippen LogP contribution in [0.2, 0.25) is 5.15 Å². The highest BCUT2D eigenvalue weighted by Crippen LogP contribution is 2.42. The molecule has 2 heterocycles. The molecule has 1 atom stereocenters. The number of aromatic nitrogens is 2. The summed E-state index contributed by atoms with van der Waals surface area (Å²) in [6, 6.07) is 0. The van der Waals surface area contributed by atoms with Crippen molar-refractivity contribution in [3.05, 3.63) is 22.7 Å². The molecule has 0 amide bonds. The molecule has 1 aliphatic heterocycles. The minimum Gasteiger partial charge on any atom is -0.240 e. The molecule has 2 nitrogen and oxygen atoms in total. The summed E-state index contributed by atoms with van der Waals surface area (Å²) in [5.74, 6) is 0.971. The zero-order valence-corrected chi connectivity index (χ0v) is 7.61. The third-order valence-electron chi connectivity index (χ3n) is 1.79. The van der Waals surface area contributed by atoms with E-state index in [0.717, 1.165) is 17.0 Å². The summed E-state index contributed by atoms with van der Waals surface area (Å²) < 4.78 is 0. The Balaban J connectivity index is 2.58. The number of thioether (sulfide) groups is 1. The Morgan fingerprint density at radius 2 is 2.45 bits per heavy atom. The highest BCUT2D eigenvalue weighted by atomic mass is 35.5. The Kier molecular flexibility index (Phi) is 1.77. The predicted molar refractivity (Wildman–Crippen MR) is 46.8 cm³/mol. The number of halogens is 1. The fourth-order valence-electron chi connectivity index (χ4n) is 1.21. The van der Waals surface area contributed by atoms with Gasteiger partial charge >= 0.3 is 0 Å². The van der Waals surface area contributed by atoms with Crippen LogP contribution in [-0.4, -0.2) is 9.97 Å². The van der Waals surface area contributed by atoms with Crippen molar-refractivity contribution in [2.75, 3.05) is 0 Å². The molecule has 1 aromatic heterocycles. The largest absolute Gasteiger partial charge is 0.240 e. The van der Waals surface area contributed by atoms with Gasteiger partial charge in [-0.2, -0.15) is 0 Å². The molecule has 0 spiro atoms. The van der Waals surface area contributed by atoms with E-state index in [1.165, 1.54) is 6.33 Å². The van der Waals surface area contributed by atoms with Gasteiger partial charge in [0.25, 0.3) is 0 Å². The fraction of sp³-hybridized carbons (Fsp3) is 0.429. The molecule has 0 N–H and O–H groups in total. The van der Waals surface area contributed by atoms with E-state index in [4.69, 9.17) is 11.6 Å². The van der Waals surface area contributed by atoms with E-state index in [0.29, 0.717) is 10.4 Å². The van der Waals surface area contributed by atoms with E-state index in [9.17, 15) is 0 Å². The Morgan fingerprint density at radius 3 is 3.18 bits per heavy atom. The van der Waals surface area contributed by atoms with E-state index in [2.05, 4.69) is 16.9 Å². The molecule has 1 aliphatic rings. The van der Waals surface area contributed by atoms with E-state index in [1.807, 2.05) is 11.8 Å². The smallest absolute Gasteiger partial charge is 0.137 e. The van der Waals surface area contributed by atoms with Gasteiger partial charge in [-0.1, -0.05) is 11.6 Å². The molecule has 2 rings (SSSR count). The first-order chi connectivity index (χ1) is 5.29. The highest BCUT2D eigenvalue weighted by Gasteiger charge is 2.23. The lowest BCUT2D eigenvalue weighted by atomic mass is 10.2. The van der Waals surface area contributed by atoms with Crippen molar-refractivity contribution in [1.29, 1.82) is 0 Å². The van der Waals surface area contributed by atoms with Gasteiger partial charge < -0.3 is 0 Å². The zero-order valence-electron chi connectivity index (χ0n) is 6.04. The number of nitrogens with zero attached hydrogens (tertiary/aromatic N) is 2. The van der Waals surface area contributed by atoms with Crippen LogP contribution in [0.5, 0.6) is 0 Å². The molecule has 1 unspecified atom stereocenters. The summed E-state index contributed by atoms with van der Waals surface area (Å²) in [5.41, 5.74) is 2.22.